The number of aromatic nitrogens is 2. The van der Waals surface area contributed by atoms with Crippen molar-refractivity contribution in [1.82, 2.24) is 19.5 Å². The maximum atomic E-state index is 13.1. The van der Waals surface area contributed by atoms with E-state index in [-0.39, 0.29) is 18.0 Å². The van der Waals surface area contributed by atoms with Crippen LogP contribution in [0.5, 0.6) is 0 Å². The van der Waals surface area contributed by atoms with Crippen LogP contribution in [0.4, 0.5) is 0 Å². The molecular weight excluding hydrogens is 372 g/mol. The molecule has 0 aromatic carbocycles. The first-order valence-electron chi connectivity index (χ1n) is 10.2. The number of hydrogen-bond donors (Lipinski definition) is 1. The predicted molar refractivity (Wildman–Crippen MR) is 107 cm³/mol. The molecule has 2 aliphatic heterocycles. The van der Waals surface area contributed by atoms with Crippen molar-refractivity contribution in [2.75, 3.05) is 26.7 Å². The molecule has 2 bridgehead atoms. The fourth-order valence-electron chi connectivity index (χ4n) is 4.74. The number of pyridine rings is 1. The molecular formula is C21H28N4O4. The Morgan fingerprint density at radius 1 is 1.31 bits per heavy atom. The topological polar surface area (TPSA) is 91.8 Å². The molecule has 4 rings (SSSR count). The van der Waals surface area contributed by atoms with Gasteiger partial charge in [-0.3, -0.25) is 19.4 Å². The molecule has 2 aliphatic rings. The Morgan fingerprint density at radius 2 is 2.14 bits per heavy atom. The fourth-order valence-corrected chi connectivity index (χ4v) is 4.74. The first-order valence-corrected chi connectivity index (χ1v) is 10.2. The van der Waals surface area contributed by atoms with Crippen LogP contribution >= 0.6 is 0 Å². The Balaban J connectivity index is 1.48. The summed E-state index contributed by atoms with van der Waals surface area (Å²) in [4.78, 5) is 28.3. The molecule has 2 atom stereocenters. The van der Waals surface area contributed by atoms with Gasteiger partial charge in [0.05, 0.1) is 18.8 Å². The summed E-state index contributed by atoms with van der Waals surface area (Å²) in [5.74, 6) is 0.560. The highest BCUT2D eigenvalue weighted by Gasteiger charge is 2.35. The summed E-state index contributed by atoms with van der Waals surface area (Å²) in [5, 5.41) is 13.1. The summed E-state index contributed by atoms with van der Waals surface area (Å²) in [5.41, 5.74) is 2.82. The third kappa shape index (κ3) is 4.28. The number of fused-ring (bicyclic) bond motifs is 4. The van der Waals surface area contributed by atoms with E-state index in [0.29, 0.717) is 32.1 Å². The number of rotatable bonds is 7. The lowest BCUT2D eigenvalue weighted by atomic mass is 9.83. The molecule has 0 amide bonds. The lowest BCUT2D eigenvalue weighted by Gasteiger charge is -2.42. The van der Waals surface area contributed by atoms with Gasteiger partial charge in [-0.2, -0.15) is 0 Å². The minimum Gasteiger partial charge on any atom is -0.480 e. The van der Waals surface area contributed by atoms with Gasteiger partial charge in [-0.1, -0.05) is 18.1 Å². The zero-order chi connectivity index (χ0) is 20.5. The van der Waals surface area contributed by atoms with Crippen molar-refractivity contribution >= 4 is 5.97 Å². The van der Waals surface area contributed by atoms with E-state index in [9.17, 15) is 9.59 Å². The summed E-state index contributed by atoms with van der Waals surface area (Å²) in [6.45, 7) is 5.36. The maximum Gasteiger partial charge on any atom is 0.317 e. The molecule has 2 aromatic rings. The van der Waals surface area contributed by atoms with E-state index >= 15 is 0 Å². The quantitative estimate of drug-likeness (QED) is 0.754. The van der Waals surface area contributed by atoms with Gasteiger partial charge in [0.25, 0.3) is 5.56 Å². The lowest BCUT2D eigenvalue weighted by molar-refractivity contribution is -0.139. The van der Waals surface area contributed by atoms with Crippen LogP contribution in [0.1, 0.15) is 42.0 Å². The van der Waals surface area contributed by atoms with Gasteiger partial charge >= 0.3 is 5.97 Å². The van der Waals surface area contributed by atoms with Crippen LogP contribution in [0.3, 0.4) is 0 Å². The SMILES string of the molecule is CCc1cc(CN(C)Cc2ccc3n(c2=O)C[C@H]2C[C@@H]3CN(CC(=O)O)C2)on1. The standard InChI is InChI=1S/C21H28N4O4/c1-3-17-7-18(29-22-17)12-23(2)10-15-4-5-19-16-6-14(9-25(19)21(15)28)8-24(11-16)13-20(26)27/h4-5,7,14,16H,3,6,8-13H2,1-2H3,(H,26,27)/t14-,16+/m0/s1. The Morgan fingerprint density at radius 3 is 2.86 bits per heavy atom. The molecule has 156 valence electrons. The molecule has 0 aliphatic carbocycles. The van der Waals surface area contributed by atoms with Crippen LogP contribution in [-0.4, -0.2) is 57.3 Å². The van der Waals surface area contributed by atoms with Crippen LogP contribution in [0.25, 0.3) is 0 Å². The molecule has 8 heteroatoms. The number of aryl methyl sites for hydroxylation is 1. The third-order valence-electron chi connectivity index (χ3n) is 5.95. The molecule has 4 heterocycles. The summed E-state index contributed by atoms with van der Waals surface area (Å²) < 4.78 is 7.27. The highest BCUT2D eigenvalue weighted by molar-refractivity contribution is 5.69. The van der Waals surface area contributed by atoms with Crippen LogP contribution in [0, 0.1) is 5.92 Å². The van der Waals surface area contributed by atoms with Gasteiger partial charge in [0.1, 0.15) is 0 Å². The van der Waals surface area contributed by atoms with E-state index in [4.69, 9.17) is 9.63 Å². The first kappa shape index (κ1) is 19.8. The average Bonchev–Trinajstić information content (AvgIpc) is 3.11. The van der Waals surface area contributed by atoms with Crippen LogP contribution in [0.15, 0.2) is 27.5 Å². The van der Waals surface area contributed by atoms with Crippen molar-refractivity contribution in [1.29, 1.82) is 0 Å². The van der Waals surface area contributed by atoms with Crippen molar-refractivity contribution < 1.29 is 14.4 Å². The molecule has 0 spiro atoms. The number of aliphatic carboxylic acids is 1. The zero-order valence-corrected chi connectivity index (χ0v) is 17.0. The number of carboxylic acid groups (broad SMARTS) is 1. The molecule has 1 fully saturated rings. The number of carboxylic acids is 1. The van der Waals surface area contributed by atoms with Crippen molar-refractivity contribution in [3.8, 4) is 0 Å². The van der Waals surface area contributed by atoms with E-state index in [1.54, 1.807) is 0 Å². The van der Waals surface area contributed by atoms with Crippen LogP contribution < -0.4 is 5.56 Å². The second-order valence-corrected chi connectivity index (χ2v) is 8.40. The van der Waals surface area contributed by atoms with Crippen molar-refractivity contribution in [2.45, 2.75) is 45.3 Å². The Hall–Kier alpha value is -2.45. The van der Waals surface area contributed by atoms with E-state index in [1.165, 1.54) is 0 Å². The van der Waals surface area contributed by atoms with Crippen molar-refractivity contribution in [2.24, 2.45) is 5.92 Å². The molecule has 29 heavy (non-hydrogen) atoms. The fraction of sp³-hybridized carbons (Fsp3) is 0.571. The third-order valence-corrected chi connectivity index (χ3v) is 5.95. The molecule has 1 saturated heterocycles. The highest BCUT2D eigenvalue weighted by atomic mass is 16.5. The highest BCUT2D eigenvalue weighted by Crippen LogP contribution is 2.35. The zero-order valence-electron chi connectivity index (χ0n) is 17.0. The smallest absolute Gasteiger partial charge is 0.317 e. The van der Waals surface area contributed by atoms with Gasteiger partial charge in [0.15, 0.2) is 5.76 Å². The van der Waals surface area contributed by atoms with Gasteiger partial charge in [0.2, 0.25) is 0 Å². The number of likely N-dealkylation sites (tertiary alicyclic amines) is 1. The maximum absolute atomic E-state index is 13.1. The number of nitrogens with zero attached hydrogens (tertiary/aromatic N) is 4. The normalized spacial score (nSPS) is 21.3. The Labute approximate surface area is 169 Å². The average molecular weight is 400 g/mol. The Kier molecular flexibility index (Phi) is 5.56. The second-order valence-electron chi connectivity index (χ2n) is 8.40. The summed E-state index contributed by atoms with van der Waals surface area (Å²) in [7, 11) is 1.97. The minimum atomic E-state index is -0.793. The number of carbonyl (C=O) groups is 1. The lowest BCUT2D eigenvalue weighted by Crippen LogP contribution is -2.48. The van der Waals surface area contributed by atoms with Gasteiger partial charge in [-0.15, -0.1) is 0 Å². The van der Waals surface area contributed by atoms with Crippen LogP contribution in [-0.2, 0) is 30.8 Å². The monoisotopic (exact) mass is 400 g/mol. The molecule has 2 aromatic heterocycles. The molecule has 0 radical (unpaired) electrons. The minimum absolute atomic E-state index is 0.0709. The first-order chi connectivity index (χ1) is 13.9. The summed E-state index contributed by atoms with van der Waals surface area (Å²) >= 11 is 0. The Bertz CT molecular complexity index is 950. The summed E-state index contributed by atoms with van der Waals surface area (Å²) in [6, 6.07) is 5.94. The van der Waals surface area contributed by atoms with E-state index in [2.05, 4.69) is 16.1 Å². The predicted octanol–water partition coefficient (Wildman–Crippen LogP) is 1.53. The van der Waals surface area contributed by atoms with Crippen molar-refractivity contribution in [3.05, 3.63) is 51.3 Å². The molecule has 0 unspecified atom stereocenters. The van der Waals surface area contributed by atoms with E-state index in [0.717, 1.165) is 42.1 Å². The van der Waals surface area contributed by atoms with E-state index in [1.807, 2.05) is 35.6 Å². The number of piperidine rings is 1. The molecule has 8 nitrogen and oxygen atoms in total. The van der Waals surface area contributed by atoms with E-state index < -0.39 is 5.97 Å². The van der Waals surface area contributed by atoms with Gasteiger partial charge < -0.3 is 14.2 Å². The molecule has 1 N–H and O–H groups in total. The summed E-state index contributed by atoms with van der Waals surface area (Å²) in [6.07, 6.45) is 1.87. The number of hydrogen-bond acceptors (Lipinski definition) is 6. The van der Waals surface area contributed by atoms with Crippen molar-refractivity contribution in [3.63, 3.8) is 0 Å². The van der Waals surface area contributed by atoms with Gasteiger partial charge in [-0.05, 0) is 31.9 Å². The van der Waals surface area contributed by atoms with Gasteiger partial charge in [-0.25, -0.2) is 0 Å². The van der Waals surface area contributed by atoms with Crippen LogP contribution in [0.2, 0.25) is 0 Å². The largest absolute Gasteiger partial charge is 0.480 e. The second kappa shape index (κ2) is 8.12. The molecule has 0 saturated carbocycles. The van der Waals surface area contributed by atoms with Gasteiger partial charge in [0, 0.05) is 49.4 Å².